The molecule has 3 nitrogen and oxygen atoms in total. The zero-order valence-electron chi connectivity index (χ0n) is 6.43. The first kappa shape index (κ1) is 7.98. The standard InChI is InChI=1S/C7H15NO2/c1-2-9-6-10-7-4-3-5-8-7/h7-8H,2-6H2,1H3. The van der Waals surface area contributed by atoms with Crippen LogP contribution in [0.1, 0.15) is 19.8 Å². The lowest BCUT2D eigenvalue weighted by Gasteiger charge is -2.10. The van der Waals surface area contributed by atoms with Gasteiger partial charge in [-0.05, 0) is 26.3 Å². The summed E-state index contributed by atoms with van der Waals surface area (Å²) in [5.74, 6) is 0. The van der Waals surface area contributed by atoms with Crippen molar-refractivity contribution in [2.24, 2.45) is 0 Å². The van der Waals surface area contributed by atoms with E-state index in [1.54, 1.807) is 0 Å². The molecule has 1 atom stereocenters. The predicted molar refractivity (Wildman–Crippen MR) is 38.6 cm³/mol. The van der Waals surface area contributed by atoms with E-state index in [2.05, 4.69) is 5.32 Å². The summed E-state index contributed by atoms with van der Waals surface area (Å²) in [6.07, 6.45) is 2.58. The minimum Gasteiger partial charge on any atom is -0.356 e. The van der Waals surface area contributed by atoms with Crippen molar-refractivity contribution in [3.8, 4) is 0 Å². The van der Waals surface area contributed by atoms with Crippen molar-refractivity contribution >= 4 is 0 Å². The monoisotopic (exact) mass is 145 g/mol. The molecule has 0 saturated carbocycles. The van der Waals surface area contributed by atoms with Gasteiger partial charge in [-0.2, -0.15) is 0 Å². The Morgan fingerprint density at radius 2 is 2.50 bits per heavy atom. The molecule has 1 N–H and O–H groups in total. The number of hydrogen-bond acceptors (Lipinski definition) is 3. The molecule has 1 rings (SSSR count). The van der Waals surface area contributed by atoms with Crippen molar-refractivity contribution in [3.63, 3.8) is 0 Å². The summed E-state index contributed by atoms with van der Waals surface area (Å²) < 4.78 is 10.3. The normalized spacial score (nSPS) is 25.5. The van der Waals surface area contributed by atoms with Gasteiger partial charge in [0.05, 0.1) is 0 Å². The van der Waals surface area contributed by atoms with Gasteiger partial charge in [0.15, 0.2) is 0 Å². The lowest BCUT2D eigenvalue weighted by atomic mass is 10.4. The van der Waals surface area contributed by atoms with Gasteiger partial charge in [0, 0.05) is 6.61 Å². The number of ether oxygens (including phenoxy) is 2. The molecule has 1 fully saturated rings. The molecular formula is C7H15NO2. The second-order valence-corrected chi connectivity index (χ2v) is 2.36. The average molecular weight is 145 g/mol. The van der Waals surface area contributed by atoms with Gasteiger partial charge in [0.2, 0.25) is 0 Å². The van der Waals surface area contributed by atoms with Crippen LogP contribution in [-0.4, -0.2) is 26.2 Å². The second kappa shape index (κ2) is 4.66. The van der Waals surface area contributed by atoms with E-state index < -0.39 is 0 Å². The van der Waals surface area contributed by atoms with Crippen LogP contribution in [-0.2, 0) is 9.47 Å². The van der Waals surface area contributed by atoms with Crippen LogP contribution in [0.2, 0.25) is 0 Å². The zero-order chi connectivity index (χ0) is 7.23. The number of nitrogens with one attached hydrogen (secondary N) is 1. The van der Waals surface area contributed by atoms with Gasteiger partial charge in [-0.15, -0.1) is 0 Å². The van der Waals surface area contributed by atoms with Crippen LogP contribution in [0.15, 0.2) is 0 Å². The smallest absolute Gasteiger partial charge is 0.148 e. The van der Waals surface area contributed by atoms with Gasteiger partial charge in [0.1, 0.15) is 13.0 Å². The van der Waals surface area contributed by atoms with E-state index >= 15 is 0 Å². The van der Waals surface area contributed by atoms with Crippen molar-refractivity contribution < 1.29 is 9.47 Å². The van der Waals surface area contributed by atoms with Gasteiger partial charge >= 0.3 is 0 Å². The maximum atomic E-state index is 5.31. The Labute approximate surface area is 61.7 Å². The van der Waals surface area contributed by atoms with Crippen LogP contribution >= 0.6 is 0 Å². The zero-order valence-corrected chi connectivity index (χ0v) is 6.43. The van der Waals surface area contributed by atoms with E-state index in [0.29, 0.717) is 6.79 Å². The summed E-state index contributed by atoms with van der Waals surface area (Å²) in [6.45, 7) is 4.20. The maximum absolute atomic E-state index is 5.31. The summed E-state index contributed by atoms with van der Waals surface area (Å²) in [6, 6.07) is 0. The minimum atomic E-state index is 0.242. The third-order valence-electron chi connectivity index (χ3n) is 1.57. The topological polar surface area (TPSA) is 30.5 Å². The summed E-state index contributed by atoms with van der Waals surface area (Å²) >= 11 is 0. The van der Waals surface area contributed by atoms with Crippen LogP contribution in [0.3, 0.4) is 0 Å². The van der Waals surface area contributed by atoms with Crippen molar-refractivity contribution in [3.05, 3.63) is 0 Å². The quantitative estimate of drug-likeness (QED) is 0.466. The van der Waals surface area contributed by atoms with Crippen LogP contribution in [0.25, 0.3) is 0 Å². The first-order valence-electron chi connectivity index (χ1n) is 3.86. The van der Waals surface area contributed by atoms with Crippen LogP contribution < -0.4 is 5.32 Å². The molecule has 1 saturated heterocycles. The van der Waals surface area contributed by atoms with E-state index in [4.69, 9.17) is 9.47 Å². The van der Waals surface area contributed by atoms with Crippen molar-refractivity contribution in [2.75, 3.05) is 19.9 Å². The molecule has 0 aromatic carbocycles. The summed E-state index contributed by atoms with van der Waals surface area (Å²) in [7, 11) is 0. The molecule has 0 radical (unpaired) electrons. The Hall–Kier alpha value is -0.120. The molecule has 10 heavy (non-hydrogen) atoms. The first-order valence-corrected chi connectivity index (χ1v) is 3.86. The SMILES string of the molecule is CCOCOC1CCCN1. The molecule has 0 aromatic rings. The molecule has 0 aliphatic carbocycles. The van der Waals surface area contributed by atoms with E-state index in [1.165, 1.54) is 6.42 Å². The van der Waals surface area contributed by atoms with E-state index in [0.717, 1.165) is 19.6 Å². The molecule has 0 amide bonds. The molecule has 1 aliphatic rings. The van der Waals surface area contributed by atoms with Crippen molar-refractivity contribution in [1.29, 1.82) is 0 Å². The Kier molecular flexibility index (Phi) is 3.72. The van der Waals surface area contributed by atoms with Gasteiger partial charge in [-0.1, -0.05) is 0 Å². The highest BCUT2D eigenvalue weighted by Gasteiger charge is 2.13. The van der Waals surface area contributed by atoms with Crippen molar-refractivity contribution in [1.82, 2.24) is 5.32 Å². The van der Waals surface area contributed by atoms with Gasteiger partial charge < -0.3 is 9.47 Å². The largest absolute Gasteiger partial charge is 0.356 e. The van der Waals surface area contributed by atoms with E-state index in [9.17, 15) is 0 Å². The Morgan fingerprint density at radius 3 is 3.10 bits per heavy atom. The predicted octanol–water partition coefficient (Wildman–Crippen LogP) is 0.706. The fraction of sp³-hybridized carbons (Fsp3) is 1.00. The third kappa shape index (κ3) is 2.64. The molecule has 0 aromatic heterocycles. The Morgan fingerprint density at radius 1 is 1.60 bits per heavy atom. The fourth-order valence-electron chi connectivity index (χ4n) is 1.01. The van der Waals surface area contributed by atoms with Crippen LogP contribution in [0, 0.1) is 0 Å². The highest BCUT2D eigenvalue weighted by molar-refractivity contribution is 4.64. The third-order valence-corrected chi connectivity index (χ3v) is 1.57. The Bertz CT molecular complexity index is 81.7. The summed E-state index contributed by atoms with van der Waals surface area (Å²) in [5, 5.41) is 3.21. The van der Waals surface area contributed by atoms with E-state index in [1.807, 2.05) is 6.92 Å². The molecule has 0 bridgehead atoms. The molecule has 3 heteroatoms. The molecular weight excluding hydrogens is 130 g/mol. The molecule has 1 heterocycles. The highest BCUT2D eigenvalue weighted by Crippen LogP contribution is 2.05. The Balaban J connectivity index is 1.91. The maximum Gasteiger partial charge on any atom is 0.148 e. The molecule has 1 aliphatic heterocycles. The molecule has 0 spiro atoms. The number of rotatable bonds is 4. The lowest BCUT2D eigenvalue weighted by Crippen LogP contribution is -2.25. The van der Waals surface area contributed by atoms with Crippen LogP contribution in [0.5, 0.6) is 0 Å². The summed E-state index contributed by atoms with van der Waals surface area (Å²) in [4.78, 5) is 0. The number of hydrogen-bond donors (Lipinski definition) is 1. The van der Waals surface area contributed by atoms with Crippen LogP contribution in [0.4, 0.5) is 0 Å². The van der Waals surface area contributed by atoms with Crippen molar-refractivity contribution in [2.45, 2.75) is 26.0 Å². The van der Waals surface area contributed by atoms with E-state index in [-0.39, 0.29) is 6.23 Å². The lowest BCUT2D eigenvalue weighted by molar-refractivity contribution is -0.0902. The highest BCUT2D eigenvalue weighted by atomic mass is 16.7. The average Bonchev–Trinajstić information content (AvgIpc) is 2.41. The van der Waals surface area contributed by atoms with Gasteiger partial charge in [0.25, 0.3) is 0 Å². The molecule has 60 valence electrons. The fourth-order valence-corrected chi connectivity index (χ4v) is 1.01. The summed E-state index contributed by atoms with van der Waals surface area (Å²) in [5.41, 5.74) is 0. The van der Waals surface area contributed by atoms with Gasteiger partial charge in [-0.3, -0.25) is 5.32 Å². The van der Waals surface area contributed by atoms with Gasteiger partial charge in [-0.25, -0.2) is 0 Å². The first-order chi connectivity index (χ1) is 4.93. The second-order valence-electron chi connectivity index (χ2n) is 2.36. The minimum absolute atomic E-state index is 0.242. The molecule has 1 unspecified atom stereocenters.